The van der Waals surface area contributed by atoms with Crippen LogP contribution in [0.15, 0.2) is 16.8 Å². The molecule has 1 aromatic rings. The predicted molar refractivity (Wildman–Crippen MR) is 90.2 cm³/mol. The first-order valence-electron chi connectivity index (χ1n) is 8.69. The van der Waals surface area contributed by atoms with E-state index in [0.717, 1.165) is 11.8 Å². The van der Waals surface area contributed by atoms with Gasteiger partial charge in [0, 0.05) is 5.31 Å². The Morgan fingerprint density at radius 1 is 1.09 bits per heavy atom. The van der Waals surface area contributed by atoms with Crippen molar-refractivity contribution in [3.63, 3.8) is 0 Å². The summed E-state index contributed by atoms with van der Waals surface area (Å²) in [6, 6.07) is 2.35. The SMILES string of the molecule is CC1(C)OB(C23CC(c4ccsc4)(C2)C3C2CC2)OC1(C)C. The maximum atomic E-state index is 6.46. The first-order chi connectivity index (χ1) is 10.3. The highest BCUT2D eigenvalue weighted by atomic mass is 32.1. The van der Waals surface area contributed by atoms with Crippen LogP contribution >= 0.6 is 11.3 Å². The highest BCUT2D eigenvalue weighted by Crippen LogP contribution is 2.87. The fourth-order valence-electron chi connectivity index (χ4n) is 5.52. The standard InChI is InChI=1S/C18H25BO2S/c1-15(2)16(3,4)21-19(20-15)18-10-17(11-18,13-7-8-22-9-13)14(18)12-5-6-12/h7-9,12,14H,5-6,10-11H2,1-4H3. The highest BCUT2D eigenvalue weighted by molar-refractivity contribution is 7.08. The lowest BCUT2D eigenvalue weighted by atomic mass is 9.17. The van der Waals surface area contributed by atoms with Crippen LogP contribution in [0.4, 0.5) is 0 Å². The van der Waals surface area contributed by atoms with Crippen molar-refractivity contribution in [1.29, 1.82) is 0 Å². The van der Waals surface area contributed by atoms with Gasteiger partial charge in [0.25, 0.3) is 0 Å². The summed E-state index contributed by atoms with van der Waals surface area (Å²) in [5.74, 6) is 1.71. The Bertz CT molecular complexity index is 595. The van der Waals surface area contributed by atoms with Crippen LogP contribution in [0, 0.1) is 11.8 Å². The molecule has 22 heavy (non-hydrogen) atoms. The highest BCUT2D eigenvalue weighted by Gasteiger charge is 2.84. The molecule has 118 valence electrons. The molecule has 1 saturated heterocycles. The summed E-state index contributed by atoms with van der Waals surface area (Å²) in [7, 11) is 0.00334. The summed E-state index contributed by atoms with van der Waals surface area (Å²) in [6.07, 6.45) is 5.37. The van der Waals surface area contributed by atoms with Crippen LogP contribution in [0.5, 0.6) is 0 Å². The zero-order valence-corrected chi connectivity index (χ0v) is 14.8. The third-order valence-electron chi connectivity index (χ3n) is 7.42. The van der Waals surface area contributed by atoms with Crippen molar-refractivity contribution in [1.82, 2.24) is 0 Å². The molecule has 2 nitrogen and oxygen atoms in total. The third kappa shape index (κ3) is 1.46. The predicted octanol–water partition coefficient (Wildman–Crippen LogP) is 4.65. The Balaban J connectivity index is 1.46. The Labute approximate surface area is 137 Å². The van der Waals surface area contributed by atoms with Crippen molar-refractivity contribution in [2.24, 2.45) is 11.8 Å². The zero-order chi connectivity index (χ0) is 15.4. The molecule has 1 aromatic heterocycles. The molecular weight excluding hydrogens is 291 g/mol. The average Bonchev–Trinajstić information content (AvgIpc) is 2.92. The summed E-state index contributed by atoms with van der Waals surface area (Å²) in [5, 5.41) is 4.91. The maximum Gasteiger partial charge on any atom is 0.464 e. The smallest absolute Gasteiger partial charge is 0.403 e. The van der Waals surface area contributed by atoms with E-state index in [2.05, 4.69) is 44.5 Å². The van der Waals surface area contributed by atoms with Crippen molar-refractivity contribution in [3.05, 3.63) is 22.4 Å². The Hall–Kier alpha value is -0.315. The van der Waals surface area contributed by atoms with Gasteiger partial charge in [-0.2, -0.15) is 11.3 Å². The fraction of sp³-hybridized carbons (Fsp3) is 0.778. The molecule has 0 spiro atoms. The van der Waals surface area contributed by atoms with Gasteiger partial charge in [-0.1, -0.05) is 0 Å². The summed E-state index contributed by atoms with van der Waals surface area (Å²) in [5.41, 5.74) is 1.66. The second-order valence-electron chi connectivity index (χ2n) is 9.16. The zero-order valence-electron chi connectivity index (χ0n) is 14.0. The molecule has 6 rings (SSSR count). The molecule has 1 aliphatic heterocycles. The minimum atomic E-state index is -0.198. The van der Waals surface area contributed by atoms with E-state index in [1.54, 1.807) is 5.56 Å². The molecule has 0 aromatic carbocycles. The molecule has 0 N–H and O–H groups in total. The van der Waals surface area contributed by atoms with Crippen LogP contribution in [0.25, 0.3) is 0 Å². The average molecular weight is 316 g/mol. The van der Waals surface area contributed by atoms with Gasteiger partial charge in [0.15, 0.2) is 0 Å². The van der Waals surface area contributed by atoms with E-state index in [4.69, 9.17) is 9.31 Å². The van der Waals surface area contributed by atoms with Gasteiger partial charge in [0.2, 0.25) is 0 Å². The minimum absolute atomic E-state index is 0.00334. The van der Waals surface area contributed by atoms with E-state index >= 15 is 0 Å². The van der Waals surface area contributed by atoms with Crippen molar-refractivity contribution < 1.29 is 9.31 Å². The third-order valence-corrected chi connectivity index (χ3v) is 8.10. The van der Waals surface area contributed by atoms with Crippen LogP contribution in [0.1, 0.15) is 58.9 Å². The van der Waals surface area contributed by atoms with E-state index in [0.29, 0.717) is 10.7 Å². The van der Waals surface area contributed by atoms with E-state index in [1.165, 1.54) is 25.7 Å². The Kier molecular flexibility index (Phi) is 2.46. The maximum absolute atomic E-state index is 6.46. The number of rotatable bonds is 3. The van der Waals surface area contributed by atoms with Crippen LogP contribution in [-0.2, 0) is 14.7 Å². The van der Waals surface area contributed by atoms with Crippen LogP contribution in [-0.4, -0.2) is 18.3 Å². The Morgan fingerprint density at radius 3 is 2.23 bits per heavy atom. The molecule has 1 atom stereocenters. The normalized spacial score (nSPS) is 44.5. The van der Waals surface area contributed by atoms with E-state index < -0.39 is 0 Å². The van der Waals surface area contributed by atoms with Crippen molar-refractivity contribution in [2.45, 2.75) is 75.3 Å². The Morgan fingerprint density at radius 2 is 1.73 bits per heavy atom. The molecule has 4 heteroatoms. The molecule has 1 unspecified atom stereocenters. The monoisotopic (exact) mass is 316 g/mol. The molecule has 4 saturated carbocycles. The fourth-order valence-corrected chi connectivity index (χ4v) is 6.29. The van der Waals surface area contributed by atoms with Crippen molar-refractivity contribution >= 4 is 18.5 Å². The molecule has 0 radical (unpaired) electrons. The molecule has 5 aliphatic rings. The molecule has 5 fully saturated rings. The summed E-state index contributed by atoms with van der Waals surface area (Å²) in [4.78, 5) is 0. The van der Waals surface area contributed by atoms with E-state index in [9.17, 15) is 0 Å². The molecule has 2 heterocycles. The van der Waals surface area contributed by atoms with Gasteiger partial charge < -0.3 is 9.31 Å². The molecule has 2 bridgehead atoms. The first kappa shape index (κ1) is 14.1. The number of thiophene rings is 1. The lowest BCUT2D eigenvalue weighted by Gasteiger charge is -2.77. The van der Waals surface area contributed by atoms with E-state index in [1.807, 2.05) is 11.3 Å². The van der Waals surface area contributed by atoms with Crippen molar-refractivity contribution in [3.8, 4) is 0 Å². The van der Waals surface area contributed by atoms with Gasteiger partial charge >= 0.3 is 7.12 Å². The lowest BCUT2D eigenvalue weighted by Crippen LogP contribution is -2.74. The summed E-state index contributed by atoms with van der Waals surface area (Å²) in [6.45, 7) is 8.72. The van der Waals surface area contributed by atoms with Gasteiger partial charge in [-0.05, 0) is 93.0 Å². The van der Waals surface area contributed by atoms with Crippen molar-refractivity contribution in [2.75, 3.05) is 0 Å². The van der Waals surface area contributed by atoms with Gasteiger partial charge in [-0.3, -0.25) is 0 Å². The first-order valence-corrected chi connectivity index (χ1v) is 9.63. The second kappa shape index (κ2) is 3.84. The van der Waals surface area contributed by atoms with Crippen LogP contribution < -0.4 is 0 Å². The van der Waals surface area contributed by atoms with Gasteiger partial charge in [-0.25, -0.2) is 0 Å². The van der Waals surface area contributed by atoms with Gasteiger partial charge in [-0.15, -0.1) is 0 Å². The quantitative estimate of drug-likeness (QED) is 0.756. The second-order valence-corrected chi connectivity index (χ2v) is 9.94. The van der Waals surface area contributed by atoms with Crippen LogP contribution in [0.3, 0.4) is 0 Å². The molecule has 4 aliphatic carbocycles. The van der Waals surface area contributed by atoms with Crippen LogP contribution in [0.2, 0.25) is 5.31 Å². The minimum Gasteiger partial charge on any atom is -0.403 e. The lowest BCUT2D eigenvalue weighted by molar-refractivity contribution is -0.135. The van der Waals surface area contributed by atoms with Gasteiger partial charge in [0.1, 0.15) is 0 Å². The molecular formula is C18H25BO2S. The summed E-state index contributed by atoms with van der Waals surface area (Å²) < 4.78 is 12.9. The number of hydrogen-bond donors (Lipinski definition) is 0. The topological polar surface area (TPSA) is 18.5 Å². The largest absolute Gasteiger partial charge is 0.464 e. The van der Waals surface area contributed by atoms with Gasteiger partial charge in [0.05, 0.1) is 11.2 Å². The van der Waals surface area contributed by atoms with E-state index in [-0.39, 0.29) is 18.3 Å². The number of hydrogen-bond acceptors (Lipinski definition) is 3. The summed E-state index contributed by atoms with van der Waals surface area (Å²) >= 11 is 1.84. The molecule has 0 amide bonds.